The van der Waals surface area contributed by atoms with E-state index in [1.807, 2.05) is 19.4 Å². The van der Waals surface area contributed by atoms with Gasteiger partial charge in [-0.1, -0.05) is 12.8 Å². The van der Waals surface area contributed by atoms with Crippen LogP contribution in [0.1, 0.15) is 42.8 Å². The van der Waals surface area contributed by atoms with Gasteiger partial charge in [0.25, 0.3) is 0 Å². The normalized spacial score (nSPS) is 17.9. The molecule has 0 saturated heterocycles. The molecular formula is C13H21N3OS. The molecule has 100 valence electrons. The van der Waals surface area contributed by atoms with Gasteiger partial charge in [0.2, 0.25) is 5.91 Å². The molecule has 0 atom stereocenters. The van der Waals surface area contributed by atoms with Crippen LogP contribution >= 0.6 is 11.3 Å². The maximum absolute atomic E-state index is 12.1. The Kier molecular flexibility index (Phi) is 4.02. The Balaban J connectivity index is 1.88. The number of hydrogen-bond donors (Lipinski definition) is 1. The molecule has 1 amide bonds. The number of nitrogens with two attached hydrogens (primary N) is 1. The lowest BCUT2D eigenvalue weighted by Gasteiger charge is -2.26. The van der Waals surface area contributed by atoms with Crippen LogP contribution in [0, 0.1) is 6.92 Å². The van der Waals surface area contributed by atoms with Crippen LogP contribution in [0.5, 0.6) is 0 Å². The summed E-state index contributed by atoms with van der Waals surface area (Å²) in [6.45, 7) is 2.56. The zero-order valence-corrected chi connectivity index (χ0v) is 11.9. The molecule has 0 spiro atoms. The predicted octanol–water partition coefficient (Wildman–Crippen LogP) is 2.07. The van der Waals surface area contributed by atoms with E-state index in [-0.39, 0.29) is 11.4 Å². The van der Waals surface area contributed by atoms with Crippen LogP contribution in [-0.4, -0.2) is 28.4 Å². The fourth-order valence-electron chi connectivity index (χ4n) is 2.50. The number of thiazole rings is 1. The van der Waals surface area contributed by atoms with Gasteiger partial charge in [-0.25, -0.2) is 4.98 Å². The number of amides is 1. The highest BCUT2D eigenvalue weighted by Crippen LogP contribution is 2.30. The van der Waals surface area contributed by atoms with Gasteiger partial charge >= 0.3 is 0 Å². The Bertz CT molecular complexity index is 424. The van der Waals surface area contributed by atoms with Crippen molar-refractivity contribution >= 4 is 17.2 Å². The Morgan fingerprint density at radius 3 is 2.78 bits per heavy atom. The van der Waals surface area contributed by atoms with Gasteiger partial charge in [0, 0.05) is 24.4 Å². The third-order valence-corrected chi connectivity index (χ3v) is 4.42. The van der Waals surface area contributed by atoms with Gasteiger partial charge in [0.15, 0.2) is 0 Å². The number of hydrogen-bond acceptors (Lipinski definition) is 4. The SMILES string of the molecule is Cc1nc(CN(C)C(=O)CC2(N)CCCC2)cs1. The number of aryl methyl sites for hydroxylation is 1. The van der Waals surface area contributed by atoms with Crippen molar-refractivity contribution in [2.45, 2.75) is 51.1 Å². The molecule has 1 aromatic rings. The largest absolute Gasteiger partial charge is 0.340 e. The van der Waals surface area contributed by atoms with Crippen molar-refractivity contribution in [1.29, 1.82) is 0 Å². The van der Waals surface area contributed by atoms with E-state index in [0.717, 1.165) is 36.4 Å². The van der Waals surface area contributed by atoms with E-state index in [0.29, 0.717) is 13.0 Å². The number of carbonyl (C=O) groups excluding carboxylic acids is 1. The van der Waals surface area contributed by atoms with Gasteiger partial charge in [-0.3, -0.25) is 4.79 Å². The molecular weight excluding hydrogens is 246 g/mol. The lowest BCUT2D eigenvalue weighted by atomic mass is 9.94. The highest BCUT2D eigenvalue weighted by molar-refractivity contribution is 7.09. The number of aromatic nitrogens is 1. The average molecular weight is 267 g/mol. The lowest BCUT2D eigenvalue weighted by Crippen LogP contribution is -2.42. The van der Waals surface area contributed by atoms with Crippen LogP contribution in [0.4, 0.5) is 0 Å². The van der Waals surface area contributed by atoms with E-state index in [9.17, 15) is 4.79 Å². The molecule has 2 rings (SSSR count). The van der Waals surface area contributed by atoms with Gasteiger partial charge in [0.1, 0.15) is 0 Å². The van der Waals surface area contributed by atoms with Crippen LogP contribution in [0.2, 0.25) is 0 Å². The molecule has 0 radical (unpaired) electrons. The molecule has 1 saturated carbocycles. The van der Waals surface area contributed by atoms with Crippen molar-refractivity contribution in [1.82, 2.24) is 9.88 Å². The summed E-state index contributed by atoms with van der Waals surface area (Å²) < 4.78 is 0. The summed E-state index contributed by atoms with van der Waals surface area (Å²) >= 11 is 1.62. The first-order valence-corrected chi connectivity index (χ1v) is 7.30. The summed E-state index contributed by atoms with van der Waals surface area (Å²) in [5.41, 5.74) is 6.94. The summed E-state index contributed by atoms with van der Waals surface area (Å²) in [7, 11) is 1.83. The first kappa shape index (κ1) is 13.5. The summed E-state index contributed by atoms with van der Waals surface area (Å²) in [6, 6.07) is 0. The molecule has 0 unspecified atom stereocenters. The Hall–Kier alpha value is -0.940. The summed E-state index contributed by atoms with van der Waals surface area (Å²) in [4.78, 5) is 18.3. The van der Waals surface area contributed by atoms with Gasteiger partial charge in [0.05, 0.1) is 17.2 Å². The minimum absolute atomic E-state index is 0.130. The number of rotatable bonds is 4. The van der Waals surface area contributed by atoms with Crippen molar-refractivity contribution in [3.63, 3.8) is 0 Å². The number of carbonyl (C=O) groups is 1. The van der Waals surface area contributed by atoms with E-state index in [2.05, 4.69) is 4.98 Å². The Morgan fingerprint density at radius 2 is 2.22 bits per heavy atom. The van der Waals surface area contributed by atoms with Crippen LogP contribution in [0.3, 0.4) is 0 Å². The minimum atomic E-state index is -0.261. The van der Waals surface area contributed by atoms with E-state index < -0.39 is 0 Å². The van der Waals surface area contributed by atoms with E-state index in [1.165, 1.54) is 0 Å². The maximum Gasteiger partial charge on any atom is 0.224 e. The van der Waals surface area contributed by atoms with Crippen LogP contribution in [-0.2, 0) is 11.3 Å². The smallest absolute Gasteiger partial charge is 0.224 e. The molecule has 1 aromatic heterocycles. The van der Waals surface area contributed by atoms with Crippen LogP contribution < -0.4 is 5.73 Å². The first-order valence-electron chi connectivity index (χ1n) is 6.42. The molecule has 1 heterocycles. The van der Waals surface area contributed by atoms with Crippen LogP contribution in [0.15, 0.2) is 5.38 Å². The second kappa shape index (κ2) is 5.36. The molecule has 1 fully saturated rings. The topological polar surface area (TPSA) is 59.2 Å². The van der Waals surface area contributed by atoms with Crippen LogP contribution in [0.25, 0.3) is 0 Å². The molecule has 0 bridgehead atoms. The van der Waals surface area contributed by atoms with Gasteiger partial charge in [-0.2, -0.15) is 0 Å². The van der Waals surface area contributed by atoms with E-state index >= 15 is 0 Å². The second-order valence-electron chi connectivity index (χ2n) is 5.35. The lowest BCUT2D eigenvalue weighted by molar-refractivity contribution is -0.131. The monoisotopic (exact) mass is 267 g/mol. The summed E-state index contributed by atoms with van der Waals surface area (Å²) in [5, 5.41) is 3.05. The average Bonchev–Trinajstić information content (AvgIpc) is 2.88. The third kappa shape index (κ3) is 3.29. The zero-order chi connectivity index (χ0) is 13.2. The molecule has 5 heteroatoms. The van der Waals surface area contributed by atoms with Crippen molar-refractivity contribution < 1.29 is 4.79 Å². The standard InChI is InChI=1S/C13H21N3OS/c1-10-15-11(9-18-10)8-16(2)12(17)7-13(14)5-3-4-6-13/h9H,3-8,14H2,1-2H3. The van der Waals surface area contributed by atoms with Gasteiger partial charge in [-0.05, 0) is 19.8 Å². The Morgan fingerprint density at radius 1 is 1.56 bits per heavy atom. The second-order valence-corrected chi connectivity index (χ2v) is 6.42. The van der Waals surface area contributed by atoms with Gasteiger partial charge < -0.3 is 10.6 Å². The molecule has 2 N–H and O–H groups in total. The fourth-order valence-corrected chi connectivity index (χ4v) is 3.11. The van der Waals surface area contributed by atoms with Crippen molar-refractivity contribution in [3.8, 4) is 0 Å². The minimum Gasteiger partial charge on any atom is -0.340 e. The van der Waals surface area contributed by atoms with Crippen molar-refractivity contribution in [2.24, 2.45) is 5.73 Å². The predicted molar refractivity (Wildman–Crippen MR) is 73.3 cm³/mol. The van der Waals surface area contributed by atoms with Crippen molar-refractivity contribution in [2.75, 3.05) is 7.05 Å². The molecule has 18 heavy (non-hydrogen) atoms. The third-order valence-electron chi connectivity index (χ3n) is 3.59. The van der Waals surface area contributed by atoms with Crippen molar-refractivity contribution in [3.05, 3.63) is 16.1 Å². The highest BCUT2D eigenvalue weighted by Gasteiger charge is 2.32. The highest BCUT2D eigenvalue weighted by atomic mass is 32.1. The molecule has 4 nitrogen and oxygen atoms in total. The van der Waals surface area contributed by atoms with E-state index in [4.69, 9.17) is 5.73 Å². The summed E-state index contributed by atoms with van der Waals surface area (Å²) in [6.07, 6.45) is 4.72. The first-order chi connectivity index (χ1) is 8.48. The maximum atomic E-state index is 12.1. The molecule has 1 aliphatic rings. The molecule has 0 aromatic carbocycles. The summed E-state index contributed by atoms with van der Waals surface area (Å²) in [5.74, 6) is 0.130. The van der Waals surface area contributed by atoms with Gasteiger partial charge in [-0.15, -0.1) is 11.3 Å². The number of nitrogens with zero attached hydrogens (tertiary/aromatic N) is 2. The van der Waals surface area contributed by atoms with E-state index in [1.54, 1.807) is 16.2 Å². The fraction of sp³-hybridized carbons (Fsp3) is 0.692. The quantitative estimate of drug-likeness (QED) is 0.908. The molecule has 1 aliphatic carbocycles. The molecule has 0 aliphatic heterocycles. The zero-order valence-electron chi connectivity index (χ0n) is 11.1. The Labute approximate surface area is 112 Å².